The van der Waals surface area contributed by atoms with Crippen molar-refractivity contribution < 1.29 is 23.1 Å². The first-order valence-electron chi connectivity index (χ1n) is 7.70. The summed E-state index contributed by atoms with van der Waals surface area (Å²) in [6.45, 7) is 1.47. The van der Waals surface area contributed by atoms with E-state index in [2.05, 4.69) is 0 Å². The molecule has 2 aromatic carbocycles. The van der Waals surface area contributed by atoms with Gasteiger partial charge in [0, 0.05) is 5.56 Å². The number of rotatable bonds is 5. The van der Waals surface area contributed by atoms with Crippen molar-refractivity contribution in [2.75, 3.05) is 6.61 Å². The summed E-state index contributed by atoms with van der Waals surface area (Å²) in [6.07, 6.45) is 0. The number of benzene rings is 2. The molecule has 1 aromatic heterocycles. The quantitative estimate of drug-likeness (QED) is 0.504. The van der Waals surface area contributed by atoms with Crippen molar-refractivity contribution in [3.63, 3.8) is 0 Å². The number of aromatic nitrogens is 1. The van der Waals surface area contributed by atoms with E-state index in [-0.39, 0.29) is 40.4 Å². The molecule has 0 saturated carbocycles. The van der Waals surface area contributed by atoms with E-state index in [9.17, 15) is 18.8 Å². The van der Waals surface area contributed by atoms with Gasteiger partial charge in [-0.3, -0.25) is 14.2 Å². The van der Waals surface area contributed by atoms with Gasteiger partial charge < -0.3 is 9.15 Å². The lowest BCUT2D eigenvalue weighted by molar-refractivity contribution is -0.143. The fourth-order valence-electron chi connectivity index (χ4n) is 2.53. The molecule has 6 nitrogen and oxygen atoms in total. The predicted molar refractivity (Wildman–Crippen MR) is 91.9 cm³/mol. The van der Waals surface area contributed by atoms with Gasteiger partial charge in [-0.25, -0.2) is 9.18 Å². The zero-order valence-corrected chi connectivity index (χ0v) is 14.4. The summed E-state index contributed by atoms with van der Waals surface area (Å²) in [4.78, 5) is 36.2. The maximum absolute atomic E-state index is 13.9. The molecule has 0 atom stereocenters. The number of nitrogens with zero attached hydrogens (tertiary/aromatic N) is 1. The van der Waals surface area contributed by atoms with Gasteiger partial charge in [-0.15, -0.1) is 0 Å². The zero-order chi connectivity index (χ0) is 18.8. The molecule has 3 rings (SSSR count). The maximum atomic E-state index is 13.9. The Morgan fingerprint density at radius 2 is 1.96 bits per heavy atom. The molecule has 0 aliphatic carbocycles. The molecule has 0 amide bonds. The van der Waals surface area contributed by atoms with Gasteiger partial charge in [0.25, 0.3) is 0 Å². The molecule has 0 spiro atoms. The van der Waals surface area contributed by atoms with Crippen LogP contribution in [0, 0.1) is 5.82 Å². The Morgan fingerprint density at radius 3 is 2.65 bits per heavy atom. The van der Waals surface area contributed by atoms with Crippen molar-refractivity contribution >= 4 is 34.5 Å². The first-order chi connectivity index (χ1) is 12.4. The van der Waals surface area contributed by atoms with Gasteiger partial charge in [0.05, 0.1) is 22.7 Å². The lowest BCUT2D eigenvalue weighted by Crippen LogP contribution is -2.21. The average Bonchev–Trinajstić information content (AvgIpc) is 2.89. The standard InChI is InChI=1S/C18H13ClFNO5/c1-2-25-16(22)9-21-14-8-12(19)11(7-15(14)26-18(21)24)17(23)10-5-3-4-6-13(10)20/h3-8H,2,9H2,1H3. The number of carbonyl (C=O) groups is 2. The third-order valence-corrected chi connectivity index (χ3v) is 4.03. The highest BCUT2D eigenvalue weighted by Gasteiger charge is 2.21. The lowest BCUT2D eigenvalue weighted by atomic mass is 10.0. The van der Waals surface area contributed by atoms with Crippen molar-refractivity contribution in [1.82, 2.24) is 4.57 Å². The van der Waals surface area contributed by atoms with Crippen LogP contribution < -0.4 is 5.76 Å². The highest BCUT2D eigenvalue weighted by molar-refractivity contribution is 6.35. The fourth-order valence-corrected chi connectivity index (χ4v) is 2.78. The molecule has 26 heavy (non-hydrogen) atoms. The molecule has 0 bridgehead atoms. The van der Waals surface area contributed by atoms with Crippen LogP contribution in [0.3, 0.4) is 0 Å². The van der Waals surface area contributed by atoms with Gasteiger partial charge in [0.2, 0.25) is 0 Å². The van der Waals surface area contributed by atoms with Crippen LogP contribution in [0.5, 0.6) is 0 Å². The van der Waals surface area contributed by atoms with Gasteiger partial charge >= 0.3 is 11.7 Å². The number of oxazole rings is 1. The lowest BCUT2D eigenvalue weighted by Gasteiger charge is -2.06. The van der Waals surface area contributed by atoms with Gasteiger partial charge in [-0.05, 0) is 31.2 Å². The molecule has 8 heteroatoms. The Kier molecular flexibility index (Phi) is 4.90. The summed E-state index contributed by atoms with van der Waals surface area (Å²) in [6, 6.07) is 8.07. The highest BCUT2D eigenvalue weighted by atomic mass is 35.5. The topological polar surface area (TPSA) is 78.5 Å². The minimum absolute atomic E-state index is 0.00385. The van der Waals surface area contributed by atoms with Crippen LogP contribution >= 0.6 is 11.6 Å². The Labute approximate surface area is 151 Å². The number of fused-ring (bicyclic) bond motifs is 1. The number of ketones is 1. The second-order valence-corrected chi connectivity index (χ2v) is 5.78. The maximum Gasteiger partial charge on any atom is 0.420 e. The molecule has 1 heterocycles. The normalized spacial score (nSPS) is 10.9. The number of esters is 1. The van der Waals surface area contributed by atoms with Gasteiger partial charge in [-0.2, -0.15) is 0 Å². The van der Waals surface area contributed by atoms with E-state index in [1.54, 1.807) is 6.92 Å². The number of hydrogen-bond donors (Lipinski definition) is 0. The second kappa shape index (κ2) is 7.13. The number of carbonyl (C=O) groups excluding carboxylic acids is 2. The Bertz CT molecular complexity index is 1070. The summed E-state index contributed by atoms with van der Waals surface area (Å²) < 4.78 is 24.8. The Morgan fingerprint density at radius 1 is 1.23 bits per heavy atom. The van der Waals surface area contributed by atoms with E-state index in [1.165, 1.54) is 30.3 Å². The highest BCUT2D eigenvalue weighted by Crippen LogP contribution is 2.26. The van der Waals surface area contributed by atoms with Crippen LogP contribution in [0.25, 0.3) is 11.1 Å². The Hall–Kier alpha value is -2.93. The number of ether oxygens (including phenoxy) is 1. The van der Waals surface area contributed by atoms with Crippen molar-refractivity contribution in [3.8, 4) is 0 Å². The molecule has 0 aliphatic rings. The second-order valence-electron chi connectivity index (χ2n) is 5.37. The van der Waals surface area contributed by atoms with E-state index >= 15 is 0 Å². The minimum Gasteiger partial charge on any atom is -0.465 e. The first kappa shape index (κ1) is 17.9. The Balaban J connectivity index is 2.07. The third kappa shape index (κ3) is 3.25. The van der Waals surface area contributed by atoms with Gasteiger partial charge in [-0.1, -0.05) is 23.7 Å². The monoisotopic (exact) mass is 377 g/mol. The smallest absolute Gasteiger partial charge is 0.420 e. The first-order valence-corrected chi connectivity index (χ1v) is 8.08. The third-order valence-electron chi connectivity index (χ3n) is 3.71. The predicted octanol–water partition coefficient (Wildman–Crippen LogP) is 3.18. The van der Waals surface area contributed by atoms with Crippen LogP contribution in [0.4, 0.5) is 4.39 Å². The van der Waals surface area contributed by atoms with E-state index in [1.807, 2.05) is 0 Å². The van der Waals surface area contributed by atoms with Crippen LogP contribution in [0.15, 0.2) is 45.6 Å². The number of hydrogen-bond acceptors (Lipinski definition) is 5. The van der Waals surface area contributed by atoms with Gasteiger partial charge in [0.15, 0.2) is 11.4 Å². The molecule has 134 valence electrons. The molecular formula is C18H13ClFNO5. The minimum atomic E-state index is -0.792. The van der Waals surface area contributed by atoms with E-state index in [0.29, 0.717) is 0 Å². The molecule has 0 saturated heterocycles. The summed E-state index contributed by atoms with van der Waals surface area (Å²) >= 11 is 6.16. The van der Waals surface area contributed by atoms with Crippen molar-refractivity contribution in [3.05, 3.63) is 68.9 Å². The molecular weight excluding hydrogens is 365 g/mol. The fraction of sp³-hybridized carbons (Fsp3) is 0.167. The van der Waals surface area contributed by atoms with Crippen molar-refractivity contribution in [2.24, 2.45) is 0 Å². The zero-order valence-electron chi connectivity index (χ0n) is 13.6. The van der Waals surface area contributed by atoms with Crippen LogP contribution in [-0.4, -0.2) is 22.9 Å². The van der Waals surface area contributed by atoms with Crippen LogP contribution in [-0.2, 0) is 16.1 Å². The molecule has 0 N–H and O–H groups in total. The van der Waals surface area contributed by atoms with Crippen molar-refractivity contribution in [2.45, 2.75) is 13.5 Å². The average molecular weight is 378 g/mol. The van der Waals surface area contributed by atoms with Crippen LogP contribution in [0.2, 0.25) is 5.02 Å². The van der Waals surface area contributed by atoms with Crippen molar-refractivity contribution in [1.29, 1.82) is 0 Å². The van der Waals surface area contributed by atoms with Gasteiger partial charge in [0.1, 0.15) is 12.4 Å². The molecule has 0 radical (unpaired) electrons. The van der Waals surface area contributed by atoms with Crippen LogP contribution in [0.1, 0.15) is 22.8 Å². The molecule has 3 aromatic rings. The molecule has 0 aliphatic heterocycles. The SMILES string of the molecule is CCOC(=O)Cn1c(=O)oc2cc(C(=O)c3ccccc3F)c(Cl)cc21. The molecule has 0 fully saturated rings. The van der Waals surface area contributed by atoms with E-state index in [4.69, 9.17) is 20.8 Å². The molecule has 0 unspecified atom stereocenters. The summed E-state index contributed by atoms with van der Waals surface area (Å²) in [5.74, 6) is -2.73. The largest absolute Gasteiger partial charge is 0.465 e. The van der Waals surface area contributed by atoms with E-state index < -0.39 is 23.3 Å². The van der Waals surface area contributed by atoms with E-state index in [0.717, 1.165) is 10.6 Å². The summed E-state index contributed by atoms with van der Waals surface area (Å²) in [5, 5.41) is 0.00385. The number of halogens is 2. The summed E-state index contributed by atoms with van der Waals surface area (Å²) in [5.41, 5.74) is 0.130. The summed E-state index contributed by atoms with van der Waals surface area (Å²) in [7, 11) is 0.